The molecule has 0 aliphatic carbocycles. The number of nitrogens with zero attached hydrogens (tertiary/aromatic N) is 4. The van der Waals surface area contributed by atoms with Gasteiger partial charge in [-0.25, -0.2) is 15.0 Å². The van der Waals surface area contributed by atoms with Gasteiger partial charge in [0.15, 0.2) is 17.5 Å². The summed E-state index contributed by atoms with van der Waals surface area (Å²) in [6.45, 7) is 0. The number of aromatic nitrogens is 4. The molecular weight excluding hydrogens is 733 g/mol. The summed E-state index contributed by atoms with van der Waals surface area (Å²) in [5.74, 6) is 1.85. The van der Waals surface area contributed by atoms with Gasteiger partial charge >= 0.3 is 0 Å². The van der Waals surface area contributed by atoms with Gasteiger partial charge in [0.05, 0.1) is 11.0 Å². The van der Waals surface area contributed by atoms with E-state index in [0.717, 1.165) is 88.4 Å². The van der Waals surface area contributed by atoms with Crippen molar-refractivity contribution in [1.82, 2.24) is 19.5 Å². The molecule has 0 aliphatic rings. The van der Waals surface area contributed by atoms with Crippen LogP contribution in [0.1, 0.15) is 0 Å². The van der Waals surface area contributed by atoms with E-state index >= 15 is 0 Å². The summed E-state index contributed by atoms with van der Waals surface area (Å²) in [6.07, 6.45) is 0. The highest BCUT2D eigenvalue weighted by molar-refractivity contribution is 6.15. The minimum absolute atomic E-state index is 0.610. The molecule has 9 aromatic carbocycles. The molecule has 60 heavy (non-hydrogen) atoms. The van der Waals surface area contributed by atoms with Gasteiger partial charge in [0, 0.05) is 43.9 Å². The molecule has 0 amide bonds. The molecule has 280 valence electrons. The Morgan fingerprint density at radius 3 is 1.62 bits per heavy atom. The van der Waals surface area contributed by atoms with Crippen LogP contribution in [0.25, 0.3) is 117 Å². The Balaban J connectivity index is 0.992. The minimum atomic E-state index is 0.610. The first kappa shape index (κ1) is 33.9. The summed E-state index contributed by atoms with van der Waals surface area (Å²) in [7, 11) is 0. The van der Waals surface area contributed by atoms with Gasteiger partial charge in [-0.3, -0.25) is 0 Å². The predicted octanol–water partition coefficient (Wildman–Crippen LogP) is 14.4. The van der Waals surface area contributed by atoms with Crippen molar-refractivity contribution >= 4 is 54.5 Å². The molecule has 0 aliphatic heterocycles. The van der Waals surface area contributed by atoms with Gasteiger partial charge in [0.1, 0.15) is 11.2 Å². The topological polar surface area (TPSA) is 56.7 Å². The van der Waals surface area contributed by atoms with Crippen molar-refractivity contribution in [2.45, 2.75) is 0 Å². The van der Waals surface area contributed by atoms with Crippen molar-refractivity contribution in [2.75, 3.05) is 0 Å². The molecule has 12 rings (SSSR count). The van der Waals surface area contributed by atoms with Crippen LogP contribution in [0.4, 0.5) is 0 Å². The Kier molecular flexibility index (Phi) is 7.78. The van der Waals surface area contributed by atoms with Crippen molar-refractivity contribution in [1.29, 1.82) is 0 Å². The highest BCUT2D eigenvalue weighted by Crippen LogP contribution is 2.40. The minimum Gasteiger partial charge on any atom is -0.456 e. The fourth-order valence-electron chi connectivity index (χ4n) is 8.72. The number of hydrogen-bond donors (Lipinski definition) is 0. The molecule has 0 fully saturated rings. The number of rotatable bonds is 6. The van der Waals surface area contributed by atoms with Crippen LogP contribution in [0.3, 0.4) is 0 Å². The summed E-state index contributed by atoms with van der Waals surface area (Å²) < 4.78 is 8.73. The summed E-state index contributed by atoms with van der Waals surface area (Å²) >= 11 is 0. The number of hydrogen-bond acceptors (Lipinski definition) is 4. The van der Waals surface area contributed by atoms with E-state index in [1.54, 1.807) is 0 Å². The summed E-state index contributed by atoms with van der Waals surface area (Å²) in [6, 6.07) is 72.2. The fraction of sp³-hybridized carbons (Fsp3) is 0. The third kappa shape index (κ3) is 5.67. The molecule has 0 unspecified atom stereocenters. The molecule has 0 saturated carbocycles. The average molecular weight is 767 g/mol. The van der Waals surface area contributed by atoms with Crippen LogP contribution in [-0.2, 0) is 0 Å². The fourth-order valence-corrected chi connectivity index (χ4v) is 8.72. The first-order valence-corrected chi connectivity index (χ1v) is 20.2. The second-order valence-electron chi connectivity index (χ2n) is 15.2. The molecule has 3 heterocycles. The molecule has 0 atom stereocenters. The molecule has 3 aromatic heterocycles. The molecule has 5 heteroatoms. The molecular formula is C55H34N4O. The van der Waals surface area contributed by atoms with Crippen LogP contribution in [0, 0.1) is 0 Å². The number of furan rings is 1. The predicted molar refractivity (Wildman–Crippen MR) is 246 cm³/mol. The zero-order valence-corrected chi connectivity index (χ0v) is 32.3. The smallest absolute Gasteiger partial charge is 0.164 e. The van der Waals surface area contributed by atoms with E-state index in [1.807, 2.05) is 6.07 Å². The van der Waals surface area contributed by atoms with Crippen molar-refractivity contribution in [2.24, 2.45) is 0 Å². The van der Waals surface area contributed by atoms with Gasteiger partial charge in [0.2, 0.25) is 0 Å². The van der Waals surface area contributed by atoms with E-state index in [2.05, 4.69) is 205 Å². The summed E-state index contributed by atoms with van der Waals surface area (Å²) in [4.78, 5) is 15.5. The Labute approximate surface area is 345 Å². The van der Waals surface area contributed by atoms with Crippen molar-refractivity contribution in [3.05, 3.63) is 206 Å². The monoisotopic (exact) mass is 766 g/mol. The van der Waals surface area contributed by atoms with Crippen LogP contribution >= 0.6 is 0 Å². The Bertz CT molecular complexity index is 3570. The average Bonchev–Trinajstić information content (AvgIpc) is 3.86. The van der Waals surface area contributed by atoms with E-state index in [9.17, 15) is 0 Å². The largest absolute Gasteiger partial charge is 0.456 e. The van der Waals surface area contributed by atoms with E-state index < -0.39 is 0 Å². The van der Waals surface area contributed by atoms with Crippen LogP contribution < -0.4 is 0 Å². The van der Waals surface area contributed by atoms with Gasteiger partial charge in [-0.2, -0.15) is 0 Å². The summed E-state index contributed by atoms with van der Waals surface area (Å²) in [5.41, 5.74) is 12.4. The van der Waals surface area contributed by atoms with Gasteiger partial charge in [0.25, 0.3) is 0 Å². The molecule has 0 N–H and O–H groups in total. The highest BCUT2D eigenvalue weighted by Gasteiger charge is 2.18. The van der Waals surface area contributed by atoms with Gasteiger partial charge in [-0.05, 0) is 87.6 Å². The molecule has 0 radical (unpaired) electrons. The van der Waals surface area contributed by atoms with Crippen molar-refractivity contribution in [3.8, 4) is 62.1 Å². The number of para-hydroxylation sites is 2. The summed E-state index contributed by atoms with van der Waals surface area (Å²) in [5, 5.41) is 6.89. The van der Waals surface area contributed by atoms with E-state index in [1.165, 1.54) is 10.8 Å². The van der Waals surface area contributed by atoms with Crippen LogP contribution in [0.5, 0.6) is 0 Å². The SMILES string of the molecule is c1ccc(-c2ccc(-c3nc(-c4ccc(-c5cccc6oc7cc8ccccc8cc7c56)cc4)nc(-c4ccc5c(c4)c4ccccc4n5-c4ccccc4)n3)cc2)cc1. The van der Waals surface area contributed by atoms with Crippen molar-refractivity contribution < 1.29 is 4.42 Å². The lowest BCUT2D eigenvalue weighted by Gasteiger charge is -2.11. The standard InChI is InChI=1S/C55H34N4O/c1-3-12-35(13-4-1)36-22-26-38(27-23-36)53-56-54(58-55(57-53)42-30-31-49-46(33-42)45-18-9-10-20-48(45)59(49)43-16-5-2-6-17-43)39-28-24-37(25-29-39)44-19-11-21-50-52(44)47-32-40-14-7-8-15-41(40)34-51(47)60-50/h1-34H. The lowest BCUT2D eigenvalue weighted by atomic mass is 9.97. The van der Waals surface area contributed by atoms with E-state index in [0.29, 0.717) is 17.5 Å². The molecule has 0 spiro atoms. The van der Waals surface area contributed by atoms with Gasteiger partial charge in [-0.1, -0.05) is 152 Å². The highest BCUT2D eigenvalue weighted by atomic mass is 16.3. The second kappa shape index (κ2) is 13.8. The van der Waals surface area contributed by atoms with Crippen LogP contribution in [-0.4, -0.2) is 19.5 Å². The maximum Gasteiger partial charge on any atom is 0.164 e. The van der Waals surface area contributed by atoms with Crippen LogP contribution in [0.15, 0.2) is 211 Å². The first-order chi connectivity index (χ1) is 29.7. The molecule has 12 aromatic rings. The second-order valence-corrected chi connectivity index (χ2v) is 15.2. The maximum atomic E-state index is 6.40. The zero-order valence-electron chi connectivity index (χ0n) is 32.3. The van der Waals surface area contributed by atoms with E-state index in [4.69, 9.17) is 19.4 Å². The Morgan fingerprint density at radius 1 is 0.333 bits per heavy atom. The van der Waals surface area contributed by atoms with E-state index in [-0.39, 0.29) is 0 Å². The lowest BCUT2D eigenvalue weighted by molar-refractivity contribution is 0.669. The Hall–Kier alpha value is -8.15. The lowest BCUT2D eigenvalue weighted by Crippen LogP contribution is -2.00. The van der Waals surface area contributed by atoms with Gasteiger partial charge < -0.3 is 8.98 Å². The third-order valence-corrected chi connectivity index (χ3v) is 11.6. The van der Waals surface area contributed by atoms with Crippen LogP contribution in [0.2, 0.25) is 0 Å². The number of benzene rings is 9. The molecule has 0 bridgehead atoms. The normalized spacial score (nSPS) is 11.7. The third-order valence-electron chi connectivity index (χ3n) is 11.6. The molecule has 5 nitrogen and oxygen atoms in total. The zero-order chi connectivity index (χ0) is 39.6. The van der Waals surface area contributed by atoms with Crippen molar-refractivity contribution in [3.63, 3.8) is 0 Å². The number of fused-ring (bicyclic) bond motifs is 7. The Morgan fingerprint density at radius 2 is 0.883 bits per heavy atom. The van der Waals surface area contributed by atoms with Gasteiger partial charge in [-0.15, -0.1) is 0 Å². The first-order valence-electron chi connectivity index (χ1n) is 20.2. The molecule has 0 saturated heterocycles. The quantitative estimate of drug-likeness (QED) is 0.169. The maximum absolute atomic E-state index is 6.40.